The van der Waals surface area contributed by atoms with Gasteiger partial charge in [-0.2, -0.15) is 0 Å². The Morgan fingerprint density at radius 2 is 2.07 bits per heavy atom. The van der Waals surface area contributed by atoms with E-state index in [1.807, 2.05) is 6.92 Å². The summed E-state index contributed by atoms with van der Waals surface area (Å²) in [6, 6.07) is 1.69. The molecule has 0 saturated heterocycles. The fraction of sp³-hybridized carbons (Fsp3) is 0.450. The summed E-state index contributed by atoms with van der Waals surface area (Å²) < 4.78 is 6.49. The number of aryl methyl sites for hydroxylation is 1. The van der Waals surface area contributed by atoms with E-state index in [1.54, 1.807) is 32.0 Å². The Bertz CT molecular complexity index is 985. The number of benzene rings is 1. The summed E-state index contributed by atoms with van der Waals surface area (Å²) >= 11 is 9.81. The first kappa shape index (κ1) is 22.9. The molecule has 1 aromatic heterocycles. The van der Waals surface area contributed by atoms with Gasteiger partial charge in [-0.05, 0) is 54.2 Å². The molecular formula is C20H24BrNO4S2. The topological polar surface area (TPSA) is 70.8 Å². The van der Waals surface area contributed by atoms with Gasteiger partial charge in [0.1, 0.15) is 15.6 Å². The van der Waals surface area contributed by atoms with Gasteiger partial charge in [0, 0.05) is 25.0 Å². The van der Waals surface area contributed by atoms with Crippen LogP contribution in [0.2, 0.25) is 0 Å². The zero-order valence-electron chi connectivity index (χ0n) is 16.6. The number of nitrogens with zero attached hydrogens (tertiary/aromatic N) is 1. The molecule has 8 heteroatoms. The van der Waals surface area contributed by atoms with Crippen LogP contribution in [0.5, 0.6) is 5.75 Å². The van der Waals surface area contributed by atoms with E-state index in [4.69, 9.17) is 16.6 Å². The third kappa shape index (κ3) is 4.60. The van der Waals surface area contributed by atoms with E-state index in [1.165, 1.54) is 11.8 Å². The lowest BCUT2D eigenvalue weighted by Crippen LogP contribution is -2.23. The van der Waals surface area contributed by atoms with Crippen LogP contribution >= 0.6 is 39.9 Å². The van der Waals surface area contributed by atoms with E-state index >= 15 is 0 Å². The predicted molar refractivity (Wildman–Crippen MR) is 123 cm³/mol. The van der Waals surface area contributed by atoms with Crippen LogP contribution in [-0.4, -0.2) is 39.5 Å². The van der Waals surface area contributed by atoms with Gasteiger partial charge < -0.3 is 14.4 Å². The maximum atomic E-state index is 13.1. The van der Waals surface area contributed by atoms with Crippen LogP contribution in [0, 0.1) is 6.92 Å². The second-order valence-electron chi connectivity index (χ2n) is 6.84. The summed E-state index contributed by atoms with van der Waals surface area (Å²) in [4.78, 5) is 27.4. The normalized spacial score (nSPS) is 12.2. The molecule has 0 radical (unpaired) electrons. The molecule has 1 aromatic carbocycles. The van der Waals surface area contributed by atoms with Crippen molar-refractivity contribution in [3.8, 4) is 5.75 Å². The summed E-state index contributed by atoms with van der Waals surface area (Å²) in [5.41, 5.74) is 1.06. The molecule has 1 heterocycles. The number of thiocarbonyl (C=S) groups is 1. The van der Waals surface area contributed by atoms with Crippen molar-refractivity contribution in [3.05, 3.63) is 37.6 Å². The number of hydrogen-bond acceptors (Lipinski definition) is 6. The van der Waals surface area contributed by atoms with E-state index in [9.17, 15) is 14.7 Å². The van der Waals surface area contributed by atoms with Crippen LogP contribution in [0.15, 0.2) is 19.8 Å². The number of aromatic hydroxyl groups is 1. The molecule has 2 aromatic rings. The van der Waals surface area contributed by atoms with Crippen molar-refractivity contribution in [2.75, 3.05) is 14.1 Å². The van der Waals surface area contributed by atoms with Crippen LogP contribution in [0.1, 0.15) is 48.2 Å². The number of hydrogen-bond donors (Lipinski definition) is 1. The zero-order valence-corrected chi connectivity index (χ0v) is 19.8. The number of phenols is 1. The zero-order chi connectivity index (χ0) is 21.2. The quantitative estimate of drug-likeness (QED) is 0.348. The molecule has 0 spiro atoms. The third-order valence-electron chi connectivity index (χ3n) is 4.54. The van der Waals surface area contributed by atoms with Crippen molar-refractivity contribution >= 4 is 61.0 Å². The number of carbonyl (C=O) groups excluding carboxylic acids is 1. The van der Waals surface area contributed by atoms with Gasteiger partial charge in [-0.1, -0.05) is 37.3 Å². The number of unbranched alkanes of at least 4 members (excludes halogenated alkanes) is 1. The molecule has 1 N–H and O–H groups in total. The molecule has 152 valence electrons. The van der Waals surface area contributed by atoms with Crippen molar-refractivity contribution in [1.29, 1.82) is 0 Å². The van der Waals surface area contributed by atoms with Gasteiger partial charge in [-0.15, -0.1) is 0 Å². The number of thioether (sulfide) groups is 1. The van der Waals surface area contributed by atoms with E-state index < -0.39 is 10.9 Å². The van der Waals surface area contributed by atoms with E-state index in [0.717, 1.165) is 18.4 Å². The second-order valence-corrected chi connectivity index (χ2v) is 9.67. The molecule has 5 nitrogen and oxygen atoms in total. The fourth-order valence-electron chi connectivity index (χ4n) is 2.86. The summed E-state index contributed by atoms with van der Waals surface area (Å²) in [5, 5.41) is 10.7. The van der Waals surface area contributed by atoms with Gasteiger partial charge in [-0.25, -0.2) is 4.79 Å². The summed E-state index contributed by atoms with van der Waals surface area (Å²) in [6.07, 6.45) is 2.45. The van der Waals surface area contributed by atoms with Crippen LogP contribution < -0.4 is 5.63 Å². The average molecular weight is 486 g/mol. The maximum absolute atomic E-state index is 13.1. The van der Waals surface area contributed by atoms with Crippen LogP contribution in [0.25, 0.3) is 11.0 Å². The van der Waals surface area contributed by atoms with Gasteiger partial charge in [-0.3, -0.25) is 4.79 Å². The average Bonchev–Trinajstić information content (AvgIpc) is 2.63. The van der Waals surface area contributed by atoms with E-state index in [-0.39, 0.29) is 22.7 Å². The molecule has 1 atom stereocenters. The second kappa shape index (κ2) is 9.41. The van der Waals surface area contributed by atoms with Crippen LogP contribution in [0.4, 0.5) is 0 Å². The van der Waals surface area contributed by atoms with E-state index in [2.05, 4.69) is 22.9 Å². The Hall–Kier alpha value is -1.38. The minimum atomic E-state index is -0.552. The molecule has 1 unspecified atom stereocenters. The van der Waals surface area contributed by atoms with Crippen molar-refractivity contribution in [2.45, 2.75) is 45.3 Å². The number of halogens is 1. The van der Waals surface area contributed by atoms with Crippen LogP contribution in [-0.2, 0) is 6.42 Å². The highest BCUT2D eigenvalue weighted by atomic mass is 79.9. The molecule has 0 aliphatic carbocycles. The number of ketones is 1. The smallest absolute Gasteiger partial charge is 0.339 e. The summed E-state index contributed by atoms with van der Waals surface area (Å²) in [6.45, 7) is 5.62. The molecule has 0 bridgehead atoms. The van der Waals surface area contributed by atoms with Gasteiger partial charge in [0.05, 0.1) is 9.72 Å². The first-order chi connectivity index (χ1) is 13.1. The minimum absolute atomic E-state index is 0.00757. The molecule has 0 amide bonds. The van der Waals surface area contributed by atoms with Crippen LogP contribution in [0.3, 0.4) is 0 Å². The Kier molecular flexibility index (Phi) is 7.70. The molecular weight excluding hydrogens is 462 g/mol. The number of Topliss-reactive ketones (excluding diaryl/α,β-unsaturated/α-hetero) is 1. The maximum Gasteiger partial charge on any atom is 0.339 e. The molecule has 0 aliphatic rings. The number of phenolic OH excluding ortho intramolecular Hbond substituents is 1. The Morgan fingerprint density at radius 1 is 1.43 bits per heavy atom. The van der Waals surface area contributed by atoms with Gasteiger partial charge in [0.25, 0.3) is 0 Å². The molecule has 0 aliphatic heterocycles. The lowest BCUT2D eigenvalue weighted by atomic mass is 9.97. The highest BCUT2D eigenvalue weighted by Gasteiger charge is 2.28. The largest absolute Gasteiger partial charge is 0.506 e. The lowest BCUT2D eigenvalue weighted by Gasteiger charge is -2.18. The molecule has 0 saturated carbocycles. The van der Waals surface area contributed by atoms with Crippen molar-refractivity contribution in [3.63, 3.8) is 0 Å². The van der Waals surface area contributed by atoms with Crippen molar-refractivity contribution in [1.82, 2.24) is 4.90 Å². The number of fused-ring (bicyclic) bond motifs is 1. The monoisotopic (exact) mass is 485 g/mol. The summed E-state index contributed by atoms with van der Waals surface area (Å²) in [7, 11) is 3.61. The molecule has 2 rings (SSSR count). The predicted octanol–water partition coefficient (Wildman–Crippen LogP) is 5.06. The van der Waals surface area contributed by atoms with Crippen molar-refractivity contribution < 1.29 is 14.3 Å². The highest BCUT2D eigenvalue weighted by molar-refractivity contribution is 9.10. The SMILES string of the molecule is CCCCc1c(C)c2cc(Br)c(O)c(C(=O)C(C)SC(=S)N(C)C)c2oc1=O. The lowest BCUT2D eigenvalue weighted by molar-refractivity contribution is 0.0992. The standard InChI is InChI=1S/C20H24BrNO4S2/c1-6-7-8-12-10(2)13-9-14(21)17(24)15(18(13)26-19(12)25)16(23)11(3)28-20(27)22(4)5/h9,11,24H,6-8H2,1-5H3. The highest BCUT2D eigenvalue weighted by Crippen LogP contribution is 2.38. The van der Waals surface area contributed by atoms with Gasteiger partial charge in [0.2, 0.25) is 0 Å². The fourth-order valence-corrected chi connectivity index (χ4v) is 4.46. The van der Waals surface area contributed by atoms with Gasteiger partial charge in [0.15, 0.2) is 11.4 Å². The first-order valence-corrected chi connectivity index (χ1v) is 11.1. The third-order valence-corrected chi connectivity index (χ3v) is 6.94. The first-order valence-electron chi connectivity index (χ1n) is 9.00. The number of rotatable bonds is 6. The molecule has 28 heavy (non-hydrogen) atoms. The minimum Gasteiger partial charge on any atom is -0.506 e. The van der Waals surface area contributed by atoms with Gasteiger partial charge >= 0.3 is 5.63 Å². The Balaban J connectivity index is 2.65. The van der Waals surface area contributed by atoms with E-state index in [0.29, 0.717) is 26.2 Å². The molecule has 0 fully saturated rings. The summed E-state index contributed by atoms with van der Waals surface area (Å²) in [5.74, 6) is -0.577. The number of carbonyl (C=O) groups is 1. The Morgan fingerprint density at radius 3 is 2.64 bits per heavy atom. The Labute approximate surface area is 182 Å². The van der Waals surface area contributed by atoms with Crippen molar-refractivity contribution in [2.24, 2.45) is 0 Å².